The van der Waals surface area contributed by atoms with Gasteiger partial charge in [0.2, 0.25) is 0 Å². The van der Waals surface area contributed by atoms with Crippen LogP contribution in [0.15, 0.2) is 30.6 Å². The summed E-state index contributed by atoms with van der Waals surface area (Å²) in [5.74, 6) is 0.399. The molecule has 1 aromatic heterocycles. The molecule has 1 unspecified atom stereocenters. The van der Waals surface area contributed by atoms with Crippen LogP contribution in [0, 0.1) is 11.3 Å². The number of nitriles is 1. The van der Waals surface area contributed by atoms with Crippen molar-refractivity contribution in [3.05, 3.63) is 41.7 Å². The van der Waals surface area contributed by atoms with E-state index in [1.54, 1.807) is 10.9 Å². The number of benzene rings is 1. The predicted octanol–water partition coefficient (Wildman–Crippen LogP) is 3.47. The number of aryl methyl sites for hydroxylation is 1. The topological polar surface area (TPSA) is 41.6 Å². The van der Waals surface area contributed by atoms with Crippen LogP contribution in [0.4, 0.5) is 0 Å². The molecule has 2 rings (SSSR count). The van der Waals surface area contributed by atoms with E-state index in [0.29, 0.717) is 5.92 Å². The van der Waals surface area contributed by atoms with Crippen molar-refractivity contribution < 1.29 is 0 Å². The quantitative estimate of drug-likeness (QED) is 0.823. The SMILES string of the molecule is CCC(C)c1cccc(-c2cnn(C)c2)c1C#N. The van der Waals surface area contributed by atoms with Gasteiger partial charge in [0.15, 0.2) is 0 Å². The van der Waals surface area contributed by atoms with Crippen LogP contribution in [0.25, 0.3) is 11.1 Å². The number of rotatable bonds is 3. The third kappa shape index (κ3) is 2.14. The molecule has 1 heterocycles. The lowest BCUT2D eigenvalue weighted by atomic mass is 9.90. The van der Waals surface area contributed by atoms with E-state index in [4.69, 9.17) is 0 Å². The van der Waals surface area contributed by atoms with Crippen LogP contribution in [0.5, 0.6) is 0 Å². The summed E-state index contributed by atoms with van der Waals surface area (Å²) < 4.78 is 1.76. The third-order valence-electron chi connectivity index (χ3n) is 3.37. The summed E-state index contributed by atoms with van der Waals surface area (Å²) in [6.07, 6.45) is 4.78. The molecular formula is C15H17N3. The van der Waals surface area contributed by atoms with Crippen molar-refractivity contribution in [2.75, 3.05) is 0 Å². The Kier molecular flexibility index (Phi) is 3.47. The molecule has 0 spiro atoms. The van der Waals surface area contributed by atoms with E-state index in [-0.39, 0.29) is 0 Å². The van der Waals surface area contributed by atoms with E-state index in [0.717, 1.165) is 28.7 Å². The highest BCUT2D eigenvalue weighted by molar-refractivity contribution is 5.71. The zero-order valence-electron chi connectivity index (χ0n) is 11.0. The van der Waals surface area contributed by atoms with Gasteiger partial charge in [0.05, 0.1) is 11.8 Å². The molecule has 3 nitrogen and oxygen atoms in total. The van der Waals surface area contributed by atoms with Gasteiger partial charge in [0, 0.05) is 24.4 Å². The molecule has 92 valence electrons. The highest BCUT2D eigenvalue weighted by Crippen LogP contribution is 2.30. The summed E-state index contributed by atoms with van der Waals surface area (Å²) in [4.78, 5) is 0. The van der Waals surface area contributed by atoms with E-state index < -0.39 is 0 Å². The van der Waals surface area contributed by atoms with Crippen LogP contribution in [0.1, 0.15) is 37.3 Å². The molecule has 0 fully saturated rings. The molecule has 0 saturated heterocycles. The van der Waals surface area contributed by atoms with Crippen molar-refractivity contribution in [1.82, 2.24) is 9.78 Å². The fourth-order valence-corrected chi connectivity index (χ4v) is 2.13. The Bertz CT molecular complexity index is 590. The van der Waals surface area contributed by atoms with E-state index >= 15 is 0 Å². The van der Waals surface area contributed by atoms with Crippen molar-refractivity contribution in [3.8, 4) is 17.2 Å². The Morgan fingerprint density at radius 2 is 2.22 bits per heavy atom. The first-order valence-corrected chi connectivity index (χ1v) is 6.19. The lowest BCUT2D eigenvalue weighted by Crippen LogP contribution is -1.97. The first-order valence-electron chi connectivity index (χ1n) is 6.19. The molecule has 0 saturated carbocycles. The second-order valence-electron chi connectivity index (χ2n) is 4.59. The van der Waals surface area contributed by atoms with Gasteiger partial charge in [0.1, 0.15) is 6.07 Å². The number of aromatic nitrogens is 2. The summed E-state index contributed by atoms with van der Waals surface area (Å²) in [5.41, 5.74) is 3.88. The van der Waals surface area contributed by atoms with E-state index in [2.05, 4.69) is 25.0 Å². The molecule has 0 aliphatic carbocycles. The summed E-state index contributed by atoms with van der Waals surface area (Å²) in [5, 5.41) is 13.6. The van der Waals surface area contributed by atoms with Gasteiger partial charge >= 0.3 is 0 Å². The second kappa shape index (κ2) is 5.05. The maximum absolute atomic E-state index is 9.43. The molecule has 3 heteroatoms. The normalized spacial score (nSPS) is 12.1. The summed E-state index contributed by atoms with van der Waals surface area (Å²) in [6, 6.07) is 8.40. The van der Waals surface area contributed by atoms with E-state index in [9.17, 15) is 5.26 Å². The molecule has 0 radical (unpaired) electrons. The number of nitrogens with zero attached hydrogens (tertiary/aromatic N) is 3. The van der Waals surface area contributed by atoms with Crippen molar-refractivity contribution in [1.29, 1.82) is 5.26 Å². The second-order valence-corrected chi connectivity index (χ2v) is 4.59. The average Bonchev–Trinajstić information content (AvgIpc) is 2.83. The minimum Gasteiger partial charge on any atom is -0.275 e. The van der Waals surface area contributed by atoms with Gasteiger partial charge in [-0.2, -0.15) is 10.4 Å². The van der Waals surface area contributed by atoms with Gasteiger partial charge in [-0.1, -0.05) is 32.0 Å². The molecule has 0 amide bonds. The zero-order valence-corrected chi connectivity index (χ0v) is 11.0. The summed E-state index contributed by atoms with van der Waals surface area (Å²) >= 11 is 0. The molecule has 18 heavy (non-hydrogen) atoms. The highest BCUT2D eigenvalue weighted by atomic mass is 15.2. The third-order valence-corrected chi connectivity index (χ3v) is 3.37. The average molecular weight is 239 g/mol. The van der Waals surface area contributed by atoms with Gasteiger partial charge < -0.3 is 0 Å². The molecule has 0 bridgehead atoms. The van der Waals surface area contributed by atoms with Crippen LogP contribution in [-0.2, 0) is 7.05 Å². The van der Waals surface area contributed by atoms with Crippen molar-refractivity contribution >= 4 is 0 Å². The van der Waals surface area contributed by atoms with Gasteiger partial charge in [-0.15, -0.1) is 0 Å². The van der Waals surface area contributed by atoms with Crippen molar-refractivity contribution in [3.63, 3.8) is 0 Å². The first kappa shape index (κ1) is 12.4. The number of hydrogen-bond donors (Lipinski definition) is 0. The Morgan fingerprint density at radius 1 is 1.44 bits per heavy atom. The van der Waals surface area contributed by atoms with Gasteiger partial charge in [-0.25, -0.2) is 0 Å². The van der Waals surface area contributed by atoms with E-state index in [1.807, 2.05) is 31.4 Å². The monoisotopic (exact) mass is 239 g/mol. The molecular weight excluding hydrogens is 222 g/mol. The largest absolute Gasteiger partial charge is 0.275 e. The molecule has 0 N–H and O–H groups in total. The summed E-state index contributed by atoms with van der Waals surface area (Å²) in [7, 11) is 1.88. The summed E-state index contributed by atoms with van der Waals surface area (Å²) in [6.45, 7) is 4.30. The van der Waals surface area contributed by atoms with Crippen LogP contribution in [0.2, 0.25) is 0 Å². The Morgan fingerprint density at radius 3 is 2.78 bits per heavy atom. The number of hydrogen-bond acceptors (Lipinski definition) is 2. The maximum atomic E-state index is 9.43. The van der Waals surface area contributed by atoms with Crippen molar-refractivity contribution in [2.45, 2.75) is 26.2 Å². The lowest BCUT2D eigenvalue weighted by Gasteiger charge is -2.13. The van der Waals surface area contributed by atoms with Crippen LogP contribution in [0.3, 0.4) is 0 Å². The highest BCUT2D eigenvalue weighted by Gasteiger charge is 2.14. The minimum absolute atomic E-state index is 0.399. The van der Waals surface area contributed by atoms with Crippen LogP contribution < -0.4 is 0 Å². The Hall–Kier alpha value is -2.08. The fourth-order valence-electron chi connectivity index (χ4n) is 2.13. The van der Waals surface area contributed by atoms with Crippen LogP contribution >= 0.6 is 0 Å². The van der Waals surface area contributed by atoms with Gasteiger partial charge in [0.25, 0.3) is 0 Å². The zero-order chi connectivity index (χ0) is 13.1. The molecule has 1 atom stereocenters. The van der Waals surface area contributed by atoms with Crippen molar-refractivity contribution in [2.24, 2.45) is 7.05 Å². The fraction of sp³-hybridized carbons (Fsp3) is 0.333. The first-order chi connectivity index (χ1) is 8.67. The Labute approximate surface area is 108 Å². The smallest absolute Gasteiger partial charge is 0.100 e. The van der Waals surface area contributed by atoms with Crippen LogP contribution in [-0.4, -0.2) is 9.78 Å². The van der Waals surface area contributed by atoms with E-state index in [1.165, 1.54) is 0 Å². The predicted molar refractivity (Wildman–Crippen MR) is 72.1 cm³/mol. The molecule has 0 aliphatic heterocycles. The minimum atomic E-state index is 0.399. The molecule has 1 aromatic carbocycles. The molecule has 2 aromatic rings. The van der Waals surface area contributed by atoms with Gasteiger partial charge in [-0.05, 0) is 17.9 Å². The maximum Gasteiger partial charge on any atom is 0.100 e. The standard InChI is InChI=1S/C15H17N3/c1-4-11(2)13-6-5-7-14(15(13)8-16)12-9-17-18(3)10-12/h5-7,9-11H,4H2,1-3H3. The van der Waals surface area contributed by atoms with Gasteiger partial charge in [-0.3, -0.25) is 4.68 Å². The Balaban J connectivity index is 2.59. The lowest BCUT2D eigenvalue weighted by molar-refractivity contribution is 0.732. The molecule has 0 aliphatic rings.